The zero-order chi connectivity index (χ0) is 15.5. The van der Waals surface area contributed by atoms with Gasteiger partial charge in [0.15, 0.2) is 5.75 Å². The van der Waals surface area contributed by atoms with Gasteiger partial charge in [-0.1, -0.05) is 30.7 Å². The molecule has 0 aliphatic heterocycles. The van der Waals surface area contributed by atoms with Crippen LogP contribution in [0.3, 0.4) is 0 Å². The molecule has 2 rings (SSSR count). The SMILES string of the molecule is CCc1nc(Cl)cc(Nc2ccccc2OC(F)(F)F)n1. The van der Waals surface area contributed by atoms with E-state index in [0.29, 0.717) is 18.1 Å². The Morgan fingerprint density at radius 1 is 1.24 bits per heavy atom. The number of aryl methyl sites for hydroxylation is 1. The van der Waals surface area contributed by atoms with Gasteiger partial charge in [-0.15, -0.1) is 13.2 Å². The van der Waals surface area contributed by atoms with Crippen molar-refractivity contribution in [1.82, 2.24) is 9.97 Å². The van der Waals surface area contributed by atoms with Crippen molar-refractivity contribution in [2.24, 2.45) is 0 Å². The van der Waals surface area contributed by atoms with Crippen LogP contribution in [-0.2, 0) is 6.42 Å². The average molecular weight is 318 g/mol. The Morgan fingerprint density at radius 3 is 2.62 bits per heavy atom. The number of hydrogen-bond donors (Lipinski definition) is 1. The van der Waals surface area contributed by atoms with Crippen LogP contribution in [0, 0.1) is 0 Å². The molecule has 2 aromatic rings. The van der Waals surface area contributed by atoms with Crippen molar-refractivity contribution in [3.8, 4) is 5.75 Å². The van der Waals surface area contributed by atoms with Gasteiger partial charge in [0, 0.05) is 12.5 Å². The molecule has 1 aromatic carbocycles. The Kier molecular flexibility index (Phi) is 4.52. The Morgan fingerprint density at radius 2 is 1.95 bits per heavy atom. The highest BCUT2D eigenvalue weighted by atomic mass is 35.5. The molecular formula is C13H11ClF3N3O. The van der Waals surface area contributed by atoms with E-state index in [-0.39, 0.29) is 16.6 Å². The summed E-state index contributed by atoms with van der Waals surface area (Å²) in [6.07, 6.45) is -4.22. The topological polar surface area (TPSA) is 47.0 Å². The van der Waals surface area contributed by atoms with E-state index in [1.165, 1.54) is 24.3 Å². The van der Waals surface area contributed by atoms with E-state index in [2.05, 4.69) is 20.0 Å². The van der Waals surface area contributed by atoms with Gasteiger partial charge in [-0.25, -0.2) is 9.97 Å². The highest BCUT2D eigenvalue weighted by molar-refractivity contribution is 6.29. The number of benzene rings is 1. The van der Waals surface area contributed by atoms with Gasteiger partial charge in [-0.2, -0.15) is 0 Å². The minimum absolute atomic E-state index is 0.131. The van der Waals surface area contributed by atoms with Gasteiger partial charge in [-0.3, -0.25) is 0 Å². The van der Waals surface area contributed by atoms with E-state index in [1.807, 2.05) is 6.92 Å². The molecule has 8 heteroatoms. The summed E-state index contributed by atoms with van der Waals surface area (Å²) in [6, 6.07) is 7.10. The Balaban J connectivity index is 2.29. The minimum Gasteiger partial charge on any atom is -0.404 e. The zero-order valence-electron chi connectivity index (χ0n) is 10.9. The maximum Gasteiger partial charge on any atom is 0.573 e. The number of rotatable bonds is 4. The van der Waals surface area contributed by atoms with Gasteiger partial charge in [0.1, 0.15) is 16.8 Å². The molecule has 112 valence electrons. The lowest BCUT2D eigenvalue weighted by atomic mass is 10.3. The summed E-state index contributed by atoms with van der Waals surface area (Å²) >= 11 is 5.84. The number of anilines is 2. The largest absolute Gasteiger partial charge is 0.573 e. The average Bonchev–Trinajstić information content (AvgIpc) is 2.38. The molecule has 4 nitrogen and oxygen atoms in total. The predicted molar refractivity (Wildman–Crippen MR) is 72.8 cm³/mol. The molecule has 0 atom stereocenters. The summed E-state index contributed by atoms with van der Waals surface area (Å²) in [5.41, 5.74) is 0.131. The maximum atomic E-state index is 12.3. The number of alkyl halides is 3. The summed E-state index contributed by atoms with van der Waals surface area (Å²) in [5, 5.41) is 2.96. The highest BCUT2D eigenvalue weighted by Gasteiger charge is 2.32. The van der Waals surface area contributed by atoms with E-state index in [9.17, 15) is 13.2 Å². The third kappa shape index (κ3) is 4.49. The van der Waals surface area contributed by atoms with Crippen molar-refractivity contribution < 1.29 is 17.9 Å². The lowest BCUT2D eigenvalue weighted by molar-refractivity contribution is -0.274. The Labute approximate surface area is 123 Å². The summed E-state index contributed by atoms with van der Waals surface area (Å²) in [4.78, 5) is 8.12. The Hall–Kier alpha value is -2.02. The number of hydrogen-bond acceptors (Lipinski definition) is 4. The molecule has 0 aliphatic carbocycles. The second-order valence-electron chi connectivity index (χ2n) is 4.01. The molecule has 0 saturated heterocycles. The minimum atomic E-state index is -4.77. The fraction of sp³-hybridized carbons (Fsp3) is 0.231. The smallest absolute Gasteiger partial charge is 0.404 e. The van der Waals surface area contributed by atoms with E-state index in [0.717, 1.165) is 0 Å². The molecule has 1 aromatic heterocycles. The van der Waals surface area contributed by atoms with Crippen LogP contribution < -0.4 is 10.1 Å². The molecule has 0 aliphatic rings. The summed E-state index contributed by atoms with van der Waals surface area (Å²) in [7, 11) is 0. The first-order valence-corrected chi connectivity index (χ1v) is 6.40. The van der Waals surface area contributed by atoms with Crippen molar-refractivity contribution in [2.75, 3.05) is 5.32 Å². The van der Waals surface area contributed by atoms with Gasteiger partial charge in [0.05, 0.1) is 5.69 Å². The molecule has 0 spiro atoms. The normalized spacial score (nSPS) is 11.3. The standard InChI is InChI=1S/C13H11ClF3N3O/c1-2-11-19-10(14)7-12(20-11)18-8-5-3-4-6-9(8)21-13(15,16)17/h3-7H,2H2,1H3,(H,18,19,20). The van der Waals surface area contributed by atoms with Gasteiger partial charge in [0.2, 0.25) is 0 Å². The number of halogens is 4. The lowest BCUT2D eigenvalue weighted by Gasteiger charge is -2.14. The molecule has 0 radical (unpaired) electrons. The molecular weight excluding hydrogens is 307 g/mol. The molecule has 0 bridgehead atoms. The van der Waals surface area contributed by atoms with E-state index >= 15 is 0 Å². The highest BCUT2D eigenvalue weighted by Crippen LogP contribution is 2.31. The van der Waals surface area contributed by atoms with Crippen molar-refractivity contribution in [2.45, 2.75) is 19.7 Å². The fourth-order valence-corrected chi connectivity index (χ4v) is 1.81. The van der Waals surface area contributed by atoms with Crippen LogP contribution in [0.4, 0.5) is 24.7 Å². The summed E-state index contributed by atoms with van der Waals surface area (Å²) in [6.45, 7) is 1.84. The van der Waals surface area contributed by atoms with Crippen LogP contribution >= 0.6 is 11.6 Å². The maximum absolute atomic E-state index is 12.3. The van der Waals surface area contributed by atoms with Crippen LogP contribution in [-0.4, -0.2) is 16.3 Å². The quantitative estimate of drug-likeness (QED) is 0.852. The lowest BCUT2D eigenvalue weighted by Crippen LogP contribution is -2.18. The van der Waals surface area contributed by atoms with E-state index < -0.39 is 6.36 Å². The van der Waals surface area contributed by atoms with Gasteiger partial charge >= 0.3 is 6.36 Å². The van der Waals surface area contributed by atoms with Crippen LogP contribution in [0.15, 0.2) is 30.3 Å². The van der Waals surface area contributed by atoms with Crippen LogP contribution in [0.25, 0.3) is 0 Å². The number of nitrogens with one attached hydrogen (secondary N) is 1. The van der Waals surface area contributed by atoms with Crippen LogP contribution in [0.5, 0.6) is 5.75 Å². The number of para-hydroxylation sites is 2. The summed E-state index contributed by atoms with van der Waals surface area (Å²) in [5.74, 6) is 0.432. The Bertz CT molecular complexity index is 634. The van der Waals surface area contributed by atoms with E-state index in [1.54, 1.807) is 6.07 Å². The third-order valence-corrected chi connectivity index (χ3v) is 2.63. The van der Waals surface area contributed by atoms with Gasteiger partial charge in [0.25, 0.3) is 0 Å². The molecule has 0 amide bonds. The van der Waals surface area contributed by atoms with Gasteiger partial charge in [-0.05, 0) is 12.1 Å². The summed E-state index contributed by atoms with van der Waals surface area (Å²) < 4.78 is 41.0. The first-order chi connectivity index (χ1) is 9.87. The second kappa shape index (κ2) is 6.17. The molecule has 0 unspecified atom stereocenters. The fourth-order valence-electron chi connectivity index (χ4n) is 1.61. The molecule has 0 saturated carbocycles. The zero-order valence-corrected chi connectivity index (χ0v) is 11.7. The van der Waals surface area contributed by atoms with Crippen LogP contribution in [0.2, 0.25) is 5.15 Å². The number of aromatic nitrogens is 2. The van der Waals surface area contributed by atoms with Crippen molar-refractivity contribution in [3.63, 3.8) is 0 Å². The van der Waals surface area contributed by atoms with Crippen molar-refractivity contribution in [1.29, 1.82) is 0 Å². The van der Waals surface area contributed by atoms with Gasteiger partial charge < -0.3 is 10.1 Å². The molecule has 0 fully saturated rings. The molecule has 1 N–H and O–H groups in total. The third-order valence-electron chi connectivity index (χ3n) is 2.43. The van der Waals surface area contributed by atoms with E-state index in [4.69, 9.17) is 11.6 Å². The van der Waals surface area contributed by atoms with Crippen LogP contribution in [0.1, 0.15) is 12.7 Å². The number of ether oxygens (including phenoxy) is 1. The molecule has 1 heterocycles. The first-order valence-electron chi connectivity index (χ1n) is 6.02. The predicted octanol–water partition coefficient (Wildman–Crippen LogP) is 4.33. The first kappa shape index (κ1) is 15.4. The monoisotopic (exact) mass is 317 g/mol. The second-order valence-corrected chi connectivity index (χ2v) is 4.40. The van der Waals surface area contributed by atoms with Crippen molar-refractivity contribution in [3.05, 3.63) is 41.3 Å². The molecule has 21 heavy (non-hydrogen) atoms. The number of nitrogens with zero attached hydrogens (tertiary/aromatic N) is 2. The van der Waals surface area contributed by atoms with Crippen molar-refractivity contribution >= 4 is 23.1 Å².